The van der Waals surface area contributed by atoms with E-state index in [1.54, 1.807) is 6.33 Å². The summed E-state index contributed by atoms with van der Waals surface area (Å²) >= 11 is 6.06. The number of nitrogens with zero attached hydrogens (tertiary/aromatic N) is 4. The van der Waals surface area contributed by atoms with E-state index in [0.29, 0.717) is 37.0 Å². The van der Waals surface area contributed by atoms with Crippen LogP contribution in [-0.4, -0.2) is 53.5 Å². The van der Waals surface area contributed by atoms with Gasteiger partial charge in [0.25, 0.3) is 0 Å². The fourth-order valence-electron chi connectivity index (χ4n) is 4.83. The predicted octanol–water partition coefficient (Wildman–Crippen LogP) is 3.98. The van der Waals surface area contributed by atoms with Crippen LogP contribution in [0.15, 0.2) is 30.6 Å². The average Bonchev–Trinajstić information content (AvgIpc) is 3.15. The normalized spacial score (nSPS) is 19.4. The molecule has 2 heterocycles. The highest BCUT2D eigenvalue weighted by Crippen LogP contribution is 2.37. The SMILES string of the molecule is C[C@@H]1CCc2ncnc(N3CCN(C(=O)C(C)(CCN)c4ccc(Cl)cc4)CC3)c21.Cl.Cl. The third-order valence-corrected chi connectivity index (χ3v) is 6.97. The Labute approximate surface area is 207 Å². The average molecular weight is 501 g/mol. The lowest BCUT2D eigenvalue weighted by Gasteiger charge is -2.41. The fraction of sp³-hybridized carbons (Fsp3) is 0.522. The van der Waals surface area contributed by atoms with Crippen LogP contribution in [-0.2, 0) is 16.6 Å². The third-order valence-electron chi connectivity index (χ3n) is 6.72. The van der Waals surface area contributed by atoms with Crippen molar-refractivity contribution in [2.75, 3.05) is 37.6 Å². The van der Waals surface area contributed by atoms with Gasteiger partial charge in [-0.3, -0.25) is 4.79 Å². The number of anilines is 1. The molecular weight excluding hydrogens is 469 g/mol. The lowest BCUT2D eigenvalue weighted by molar-refractivity contribution is -0.137. The predicted molar refractivity (Wildman–Crippen MR) is 135 cm³/mol. The monoisotopic (exact) mass is 499 g/mol. The molecule has 1 fully saturated rings. The van der Waals surface area contributed by atoms with E-state index < -0.39 is 5.41 Å². The summed E-state index contributed by atoms with van der Waals surface area (Å²) in [5.74, 6) is 1.68. The number of halogens is 3. The second-order valence-corrected chi connectivity index (χ2v) is 9.09. The van der Waals surface area contributed by atoms with Gasteiger partial charge in [-0.1, -0.05) is 30.7 Å². The molecule has 176 valence electrons. The van der Waals surface area contributed by atoms with Crippen LogP contribution >= 0.6 is 36.4 Å². The van der Waals surface area contributed by atoms with Gasteiger partial charge < -0.3 is 15.5 Å². The van der Waals surface area contributed by atoms with E-state index >= 15 is 0 Å². The lowest BCUT2D eigenvalue weighted by atomic mass is 9.78. The van der Waals surface area contributed by atoms with E-state index in [-0.39, 0.29) is 30.7 Å². The molecule has 1 aromatic heterocycles. The number of aromatic nitrogens is 2. The summed E-state index contributed by atoms with van der Waals surface area (Å²) in [7, 11) is 0. The van der Waals surface area contributed by atoms with Gasteiger partial charge in [-0.05, 0) is 56.3 Å². The molecule has 2 aliphatic rings. The Bertz CT molecular complexity index is 918. The zero-order valence-corrected chi connectivity index (χ0v) is 21.0. The molecule has 9 heteroatoms. The first-order valence-electron chi connectivity index (χ1n) is 10.8. The standard InChI is InChI=1S/C23H30ClN5O.2ClH/c1-16-3-8-19-20(16)21(27-15-26-19)28-11-13-29(14-12-28)22(30)23(2,9-10-25)17-4-6-18(24)7-5-17;;/h4-7,15-16H,3,8-14,25H2,1-2H3;2*1H/t16-,23?;;/m1../s1. The smallest absolute Gasteiger partial charge is 0.233 e. The quantitative estimate of drug-likeness (QED) is 0.672. The van der Waals surface area contributed by atoms with Gasteiger partial charge in [-0.25, -0.2) is 9.97 Å². The van der Waals surface area contributed by atoms with Crippen molar-refractivity contribution >= 4 is 48.1 Å². The van der Waals surface area contributed by atoms with Crippen LogP contribution in [0.4, 0.5) is 5.82 Å². The van der Waals surface area contributed by atoms with Crippen molar-refractivity contribution in [1.29, 1.82) is 0 Å². The molecule has 1 aliphatic carbocycles. The molecular formula is C23H32Cl3N5O. The number of nitrogens with two attached hydrogens (primary N) is 1. The van der Waals surface area contributed by atoms with E-state index in [9.17, 15) is 4.79 Å². The summed E-state index contributed by atoms with van der Waals surface area (Å²) in [5, 5.41) is 0.668. The Morgan fingerprint density at radius 3 is 2.44 bits per heavy atom. The molecule has 1 aliphatic heterocycles. The molecule has 1 aromatic carbocycles. The molecule has 1 unspecified atom stereocenters. The van der Waals surface area contributed by atoms with Crippen molar-refractivity contribution in [3.8, 4) is 0 Å². The van der Waals surface area contributed by atoms with Gasteiger partial charge in [-0.2, -0.15) is 0 Å². The summed E-state index contributed by atoms with van der Waals surface area (Å²) in [6, 6.07) is 7.57. The number of fused-ring (bicyclic) bond motifs is 1. The molecule has 1 saturated heterocycles. The van der Waals surface area contributed by atoms with Crippen molar-refractivity contribution in [1.82, 2.24) is 14.9 Å². The number of piperazine rings is 1. The maximum Gasteiger partial charge on any atom is 0.233 e. The van der Waals surface area contributed by atoms with Crippen molar-refractivity contribution in [3.05, 3.63) is 52.4 Å². The number of hydrogen-bond acceptors (Lipinski definition) is 5. The van der Waals surface area contributed by atoms with E-state index in [0.717, 1.165) is 37.3 Å². The maximum absolute atomic E-state index is 13.6. The first-order valence-corrected chi connectivity index (χ1v) is 11.2. The van der Waals surface area contributed by atoms with Crippen molar-refractivity contribution in [2.24, 2.45) is 5.73 Å². The van der Waals surface area contributed by atoms with Gasteiger partial charge >= 0.3 is 0 Å². The van der Waals surface area contributed by atoms with Gasteiger partial charge in [0.1, 0.15) is 12.1 Å². The Morgan fingerprint density at radius 2 is 1.81 bits per heavy atom. The first kappa shape index (κ1) is 26.7. The maximum atomic E-state index is 13.6. The molecule has 32 heavy (non-hydrogen) atoms. The molecule has 2 atom stereocenters. The second kappa shape index (κ2) is 11.0. The number of rotatable bonds is 5. The summed E-state index contributed by atoms with van der Waals surface area (Å²) in [6.07, 6.45) is 4.45. The number of carbonyl (C=O) groups is 1. The molecule has 0 saturated carbocycles. The van der Waals surface area contributed by atoms with Crippen molar-refractivity contribution in [3.63, 3.8) is 0 Å². The molecule has 6 nitrogen and oxygen atoms in total. The van der Waals surface area contributed by atoms with E-state index in [4.69, 9.17) is 17.3 Å². The molecule has 2 N–H and O–H groups in total. The third kappa shape index (κ3) is 4.98. The zero-order valence-electron chi connectivity index (χ0n) is 18.6. The van der Waals surface area contributed by atoms with Gasteiger partial charge in [-0.15, -0.1) is 24.8 Å². The van der Waals surface area contributed by atoms with Crippen LogP contribution < -0.4 is 10.6 Å². The van der Waals surface area contributed by atoms with Gasteiger partial charge in [0.05, 0.1) is 5.41 Å². The highest BCUT2D eigenvalue weighted by Gasteiger charge is 2.39. The molecule has 0 radical (unpaired) electrons. The minimum atomic E-state index is -0.647. The fourth-order valence-corrected chi connectivity index (χ4v) is 4.95. The van der Waals surface area contributed by atoms with Crippen molar-refractivity contribution < 1.29 is 4.79 Å². The van der Waals surface area contributed by atoms with Gasteiger partial charge in [0.2, 0.25) is 5.91 Å². The zero-order chi connectivity index (χ0) is 21.3. The Hall–Kier alpha value is -1.60. The van der Waals surface area contributed by atoms with E-state index in [1.165, 1.54) is 11.3 Å². The summed E-state index contributed by atoms with van der Waals surface area (Å²) in [6.45, 7) is 7.62. The lowest BCUT2D eigenvalue weighted by Crippen LogP contribution is -2.54. The van der Waals surface area contributed by atoms with Crippen LogP contribution in [0.1, 0.15) is 49.4 Å². The minimum Gasteiger partial charge on any atom is -0.353 e. The summed E-state index contributed by atoms with van der Waals surface area (Å²) < 4.78 is 0. The Kier molecular flexibility index (Phi) is 9.17. The van der Waals surface area contributed by atoms with Crippen molar-refractivity contribution in [2.45, 2.75) is 44.4 Å². The number of aryl methyl sites for hydroxylation is 1. The number of carbonyl (C=O) groups excluding carboxylic acids is 1. The minimum absolute atomic E-state index is 0. The Balaban J connectivity index is 0.00000181. The van der Waals surface area contributed by atoms with Crippen LogP contribution in [0, 0.1) is 0 Å². The van der Waals surface area contributed by atoms with Gasteiger partial charge in [0.15, 0.2) is 0 Å². The van der Waals surface area contributed by atoms with Crippen LogP contribution in [0.2, 0.25) is 5.02 Å². The second-order valence-electron chi connectivity index (χ2n) is 8.65. The molecule has 2 aromatic rings. The molecule has 4 rings (SSSR count). The highest BCUT2D eigenvalue weighted by atomic mass is 35.5. The number of hydrogen-bond donors (Lipinski definition) is 1. The largest absolute Gasteiger partial charge is 0.353 e. The van der Waals surface area contributed by atoms with Crippen LogP contribution in [0.25, 0.3) is 0 Å². The van der Waals surface area contributed by atoms with E-state index in [1.807, 2.05) is 36.1 Å². The molecule has 0 bridgehead atoms. The number of amides is 1. The van der Waals surface area contributed by atoms with E-state index in [2.05, 4.69) is 21.8 Å². The summed E-state index contributed by atoms with van der Waals surface area (Å²) in [4.78, 5) is 27.0. The van der Waals surface area contributed by atoms with Gasteiger partial charge in [0, 0.05) is 42.5 Å². The van der Waals surface area contributed by atoms with Crippen LogP contribution in [0.3, 0.4) is 0 Å². The highest BCUT2D eigenvalue weighted by molar-refractivity contribution is 6.30. The van der Waals surface area contributed by atoms with Crippen LogP contribution in [0.5, 0.6) is 0 Å². The molecule has 1 amide bonds. The first-order chi connectivity index (χ1) is 14.4. The summed E-state index contributed by atoms with van der Waals surface area (Å²) in [5.41, 5.74) is 8.69. The number of benzene rings is 1. The Morgan fingerprint density at radius 1 is 1.16 bits per heavy atom. The molecule has 0 spiro atoms. The topological polar surface area (TPSA) is 75.4 Å².